The lowest BCUT2D eigenvalue weighted by atomic mass is 10.2. The Morgan fingerprint density at radius 1 is 1.07 bits per heavy atom. The van der Waals surface area contributed by atoms with Gasteiger partial charge in [0.1, 0.15) is 11.4 Å². The molecule has 1 aromatic carbocycles. The van der Waals surface area contributed by atoms with Gasteiger partial charge in [-0.3, -0.25) is 9.59 Å². The molecule has 1 aliphatic heterocycles. The molecular weight excluding hydrogens is 389 g/mol. The van der Waals surface area contributed by atoms with Gasteiger partial charge in [0.05, 0.1) is 0 Å². The number of ether oxygens (including phenoxy) is 1. The molecule has 8 heteroatoms. The van der Waals surface area contributed by atoms with Crippen LogP contribution in [0, 0.1) is 5.82 Å². The lowest BCUT2D eigenvalue weighted by Gasteiger charge is -2.22. The SMILES string of the molecule is CC(C)(C)OC(=O)NCCC(=O)N1CCCN(C(=O)/C=C/c2ccc(F)cc2)CC1. The highest BCUT2D eigenvalue weighted by atomic mass is 19.1. The minimum atomic E-state index is -0.583. The second-order valence-electron chi connectivity index (χ2n) is 8.12. The van der Waals surface area contributed by atoms with Crippen molar-refractivity contribution in [2.75, 3.05) is 32.7 Å². The van der Waals surface area contributed by atoms with Gasteiger partial charge in [-0.2, -0.15) is 0 Å². The van der Waals surface area contributed by atoms with Crippen molar-refractivity contribution in [3.63, 3.8) is 0 Å². The van der Waals surface area contributed by atoms with E-state index in [0.29, 0.717) is 32.6 Å². The van der Waals surface area contributed by atoms with Crippen LogP contribution < -0.4 is 5.32 Å². The number of carbonyl (C=O) groups excluding carboxylic acids is 3. The third-order valence-electron chi connectivity index (χ3n) is 4.46. The van der Waals surface area contributed by atoms with E-state index in [1.807, 2.05) is 0 Å². The number of hydrogen-bond acceptors (Lipinski definition) is 4. The maximum atomic E-state index is 12.9. The van der Waals surface area contributed by atoms with E-state index < -0.39 is 11.7 Å². The van der Waals surface area contributed by atoms with Gasteiger partial charge in [0.2, 0.25) is 11.8 Å². The van der Waals surface area contributed by atoms with Crippen LogP contribution in [0.4, 0.5) is 9.18 Å². The van der Waals surface area contributed by atoms with Crippen LogP contribution >= 0.6 is 0 Å². The predicted molar refractivity (Wildman–Crippen MR) is 112 cm³/mol. The number of halogens is 1. The Labute approximate surface area is 176 Å². The zero-order chi connectivity index (χ0) is 22.1. The van der Waals surface area contributed by atoms with Gasteiger partial charge in [0, 0.05) is 45.2 Å². The first-order valence-electron chi connectivity index (χ1n) is 10.1. The normalized spacial score (nSPS) is 15.1. The molecule has 2 rings (SSSR count). The largest absolute Gasteiger partial charge is 0.444 e. The summed E-state index contributed by atoms with van der Waals surface area (Å²) in [4.78, 5) is 39.9. The molecule has 164 valence electrons. The molecule has 1 N–H and O–H groups in total. The van der Waals surface area contributed by atoms with Crippen LogP contribution in [-0.4, -0.2) is 66.0 Å². The fraction of sp³-hybridized carbons (Fsp3) is 0.500. The third kappa shape index (κ3) is 8.23. The summed E-state index contributed by atoms with van der Waals surface area (Å²) in [5.74, 6) is -0.528. The molecule has 1 aromatic rings. The number of benzene rings is 1. The highest BCUT2D eigenvalue weighted by Gasteiger charge is 2.21. The molecule has 1 aliphatic rings. The highest BCUT2D eigenvalue weighted by Crippen LogP contribution is 2.09. The van der Waals surface area contributed by atoms with Crippen LogP contribution in [0.1, 0.15) is 39.2 Å². The minimum absolute atomic E-state index is 0.0674. The zero-order valence-electron chi connectivity index (χ0n) is 17.8. The van der Waals surface area contributed by atoms with Crippen molar-refractivity contribution in [3.05, 3.63) is 41.7 Å². The number of hydrogen-bond donors (Lipinski definition) is 1. The van der Waals surface area contributed by atoms with E-state index in [1.165, 1.54) is 18.2 Å². The molecular formula is C22H30FN3O4. The van der Waals surface area contributed by atoms with Crippen LogP contribution in [0.5, 0.6) is 0 Å². The van der Waals surface area contributed by atoms with Crippen molar-refractivity contribution in [1.82, 2.24) is 15.1 Å². The van der Waals surface area contributed by atoms with Crippen molar-refractivity contribution in [2.45, 2.75) is 39.2 Å². The highest BCUT2D eigenvalue weighted by molar-refractivity contribution is 5.91. The number of alkyl carbamates (subject to hydrolysis) is 1. The Morgan fingerprint density at radius 3 is 2.37 bits per heavy atom. The van der Waals surface area contributed by atoms with Crippen LogP contribution in [0.15, 0.2) is 30.3 Å². The summed E-state index contributed by atoms with van der Waals surface area (Å²) in [6.45, 7) is 7.54. The fourth-order valence-corrected chi connectivity index (χ4v) is 2.98. The molecule has 1 heterocycles. The average Bonchev–Trinajstić information content (AvgIpc) is 2.92. The van der Waals surface area contributed by atoms with E-state index in [2.05, 4.69) is 5.32 Å². The Morgan fingerprint density at radius 2 is 1.70 bits per heavy atom. The van der Waals surface area contributed by atoms with E-state index in [0.717, 1.165) is 5.56 Å². The minimum Gasteiger partial charge on any atom is -0.444 e. The number of amides is 3. The Kier molecular flexibility index (Phi) is 8.38. The molecule has 0 bridgehead atoms. The second kappa shape index (κ2) is 10.8. The van der Waals surface area contributed by atoms with Crippen molar-refractivity contribution in [2.24, 2.45) is 0 Å². The van der Waals surface area contributed by atoms with E-state index >= 15 is 0 Å². The van der Waals surface area contributed by atoms with Crippen LogP contribution in [0.25, 0.3) is 6.08 Å². The van der Waals surface area contributed by atoms with Gasteiger partial charge in [-0.1, -0.05) is 12.1 Å². The summed E-state index contributed by atoms with van der Waals surface area (Å²) in [6, 6.07) is 5.90. The third-order valence-corrected chi connectivity index (χ3v) is 4.46. The van der Waals surface area contributed by atoms with E-state index in [4.69, 9.17) is 4.74 Å². The van der Waals surface area contributed by atoms with Gasteiger partial charge in [0.15, 0.2) is 0 Å². The molecule has 7 nitrogen and oxygen atoms in total. The van der Waals surface area contributed by atoms with E-state index in [9.17, 15) is 18.8 Å². The van der Waals surface area contributed by atoms with Crippen molar-refractivity contribution in [3.8, 4) is 0 Å². The molecule has 0 radical (unpaired) electrons. The molecule has 0 saturated carbocycles. The molecule has 0 atom stereocenters. The predicted octanol–water partition coefficient (Wildman–Crippen LogP) is 2.81. The van der Waals surface area contributed by atoms with Crippen LogP contribution in [0.3, 0.4) is 0 Å². The Balaban J connectivity index is 1.76. The summed E-state index contributed by atoms with van der Waals surface area (Å²) in [5.41, 5.74) is 0.161. The fourth-order valence-electron chi connectivity index (χ4n) is 2.98. The topological polar surface area (TPSA) is 79.0 Å². The molecule has 3 amide bonds. The van der Waals surface area contributed by atoms with E-state index in [1.54, 1.807) is 48.8 Å². The monoisotopic (exact) mass is 419 g/mol. The summed E-state index contributed by atoms with van der Waals surface area (Å²) in [6.07, 6.45) is 3.43. The average molecular weight is 419 g/mol. The molecule has 0 aromatic heterocycles. The number of nitrogens with zero attached hydrogens (tertiary/aromatic N) is 2. The van der Waals surface area contributed by atoms with Crippen molar-refractivity contribution < 1.29 is 23.5 Å². The van der Waals surface area contributed by atoms with Gasteiger partial charge in [-0.25, -0.2) is 9.18 Å². The van der Waals surface area contributed by atoms with Gasteiger partial charge in [-0.15, -0.1) is 0 Å². The first-order chi connectivity index (χ1) is 14.1. The number of carbonyl (C=O) groups is 3. The Hall–Kier alpha value is -2.90. The van der Waals surface area contributed by atoms with Crippen LogP contribution in [-0.2, 0) is 14.3 Å². The second-order valence-corrected chi connectivity index (χ2v) is 8.12. The smallest absolute Gasteiger partial charge is 0.407 e. The lowest BCUT2D eigenvalue weighted by molar-refractivity contribution is -0.131. The summed E-state index contributed by atoms with van der Waals surface area (Å²) in [7, 11) is 0. The van der Waals surface area contributed by atoms with Gasteiger partial charge >= 0.3 is 6.09 Å². The molecule has 0 spiro atoms. The summed E-state index contributed by atoms with van der Waals surface area (Å²) < 4.78 is 18.1. The quantitative estimate of drug-likeness (QED) is 0.745. The van der Waals surface area contributed by atoms with Gasteiger partial charge in [0.25, 0.3) is 0 Å². The van der Waals surface area contributed by atoms with Crippen molar-refractivity contribution >= 4 is 24.0 Å². The molecule has 1 fully saturated rings. The first kappa shape index (κ1) is 23.4. The molecule has 0 aliphatic carbocycles. The standard InChI is InChI=1S/C22H30FN3O4/c1-22(2,3)30-21(29)24-12-11-20(28)26-14-4-13-25(15-16-26)19(27)10-7-17-5-8-18(23)9-6-17/h5-10H,4,11-16H2,1-3H3,(H,24,29)/b10-7+. The summed E-state index contributed by atoms with van der Waals surface area (Å²) in [5, 5.41) is 2.58. The molecule has 30 heavy (non-hydrogen) atoms. The lowest BCUT2D eigenvalue weighted by Crippen LogP contribution is -2.39. The van der Waals surface area contributed by atoms with Crippen LogP contribution in [0.2, 0.25) is 0 Å². The zero-order valence-corrected chi connectivity index (χ0v) is 17.8. The maximum Gasteiger partial charge on any atom is 0.407 e. The summed E-state index contributed by atoms with van der Waals surface area (Å²) >= 11 is 0. The van der Waals surface area contributed by atoms with Gasteiger partial charge in [-0.05, 0) is 51.0 Å². The maximum absolute atomic E-state index is 12.9. The number of nitrogens with one attached hydrogen (secondary N) is 1. The molecule has 0 unspecified atom stereocenters. The van der Waals surface area contributed by atoms with Crippen molar-refractivity contribution in [1.29, 1.82) is 0 Å². The Bertz CT molecular complexity index is 772. The molecule has 1 saturated heterocycles. The first-order valence-corrected chi connectivity index (χ1v) is 10.1. The number of rotatable bonds is 5. The van der Waals surface area contributed by atoms with Gasteiger partial charge < -0.3 is 19.9 Å². The van der Waals surface area contributed by atoms with E-state index in [-0.39, 0.29) is 30.6 Å².